The molecule has 0 atom stereocenters. The highest BCUT2D eigenvalue weighted by Crippen LogP contribution is 2.40. The van der Waals surface area contributed by atoms with Gasteiger partial charge in [0.15, 0.2) is 5.15 Å². The Labute approximate surface area is 127 Å². The van der Waals surface area contributed by atoms with Gasteiger partial charge in [0.25, 0.3) is 0 Å². The molecule has 1 aromatic rings. The summed E-state index contributed by atoms with van der Waals surface area (Å²) < 4.78 is 0. The van der Waals surface area contributed by atoms with Crippen LogP contribution in [0.3, 0.4) is 0 Å². The second kappa shape index (κ2) is 7.46. The molecule has 4 heteroatoms. The molecule has 20 heavy (non-hydrogen) atoms. The van der Waals surface area contributed by atoms with Crippen molar-refractivity contribution >= 4 is 11.6 Å². The lowest BCUT2D eigenvalue weighted by atomic mass is 9.83. The van der Waals surface area contributed by atoms with Gasteiger partial charge in [-0.15, -0.1) is 0 Å². The lowest BCUT2D eigenvalue weighted by molar-refractivity contribution is 0.268. The van der Waals surface area contributed by atoms with E-state index < -0.39 is 0 Å². The average molecular weight is 298 g/mol. The van der Waals surface area contributed by atoms with E-state index in [0.717, 1.165) is 37.4 Å². The van der Waals surface area contributed by atoms with Gasteiger partial charge in [-0.3, -0.25) is 0 Å². The Hall–Kier alpha value is -0.540. The predicted octanol–water partition coefficient (Wildman–Crippen LogP) is 4.47. The zero-order valence-corrected chi connectivity index (χ0v) is 13.7. The van der Waals surface area contributed by atoms with Crippen LogP contribution in [-0.4, -0.2) is 16.5 Å². The van der Waals surface area contributed by atoms with Gasteiger partial charge in [0.05, 0.1) is 5.69 Å². The van der Waals surface area contributed by atoms with E-state index in [1.807, 2.05) is 0 Å². The van der Waals surface area contributed by atoms with Crippen LogP contribution in [0.15, 0.2) is 0 Å². The van der Waals surface area contributed by atoms with Crippen molar-refractivity contribution in [3.8, 4) is 0 Å². The summed E-state index contributed by atoms with van der Waals surface area (Å²) in [4.78, 5) is 7.77. The van der Waals surface area contributed by atoms with Crippen LogP contribution in [0.25, 0.3) is 0 Å². The van der Waals surface area contributed by atoms with Crippen molar-refractivity contribution in [2.75, 3.05) is 6.54 Å². The van der Waals surface area contributed by atoms with Crippen LogP contribution in [0, 0.1) is 5.41 Å². The van der Waals surface area contributed by atoms with Crippen LogP contribution >= 0.6 is 11.6 Å². The first kappa shape index (κ1) is 15.8. The van der Waals surface area contributed by atoms with E-state index in [1.165, 1.54) is 38.5 Å². The van der Waals surface area contributed by atoms with E-state index in [4.69, 9.17) is 11.6 Å². The maximum absolute atomic E-state index is 6.21. The zero-order valence-electron chi connectivity index (χ0n) is 12.9. The minimum Gasteiger partial charge on any atom is -0.344 e. The molecule has 3 nitrogen and oxygen atoms in total. The Bertz CT molecular complexity index is 408. The highest BCUT2D eigenvalue weighted by Gasteiger charge is 2.31. The van der Waals surface area contributed by atoms with E-state index in [2.05, 4.69) is 29.1 Å². The summed E-state index contributed by atoms with van der Waals surface area (Å²) in [5, 5.41) is 4.23. The molecule has 1 aliphatic rings. The molecule has 2 rings (SSSR count). The van der Waals surface area contributed by atoms with Crippen LogP contribution < -0.4 is 5.32 Å². The molecule has 0 amide bonds. The van der Waals surface area contributed by atoms with Gasteiger partial charge in [-0.2, -0.15) is 0 Å². The third-order valence-electron chi connectivity index (χ3n) is 4.76. The predicted molar refractivity (Wildman–Crippen MR) is 85.1 cm³/mol. The molecular weight excluding hydrogens is 270 g/mol. The van der Waals surface area contributed by atoms with E-state index in [9.17, 15) is 0 Å². The molecule has 1 aromatic heterocycles. The van der Waals surface area contributed by atoms with E-state index in [0.29, 0.717) is 10.6 Å². The molecule has 1 heterocycles. The third kappa shape index (κ3) is 3.98. The Morgan fingerprint density at radius 1 is 1.30 bits per heavy atom. The molecule has 1 saturated carbocycles. The molecule has 0 bridgehead atoms. The summed E-state index contributed by atoms with van der Waals surface area (Å²) in [5.41, 5.74) is 1.57. The van der Waals surface area contributed by atoms with Gasteiger partial charge in [0.2, 0.25) is 0 Å². The second-order valence-corrected chi connectivity index (χ2v) is 6.58. The SMILES string of the molecule is CCCCc1nc(Cl)c(CNCC2(CC)CCCC2)[nH]1. The van der Waals surface area contributed by atoms with Crippen molar-refractivity contribution in [2.24, 2.45) is 5.41 Å². The number of halogens is 1. The monoisotopic (exact) mass is 297 g/mol. The number of hydrogen-bond acceptors (Lipinski definition) is 2. The van der Waals surface area contributed by atoms with Gasteiger partial charge >= 0.3 is 0 Å². The van der Waals surface area contributed by atoms with E-state index in [1.54, 1.807) is 0 Å². The smallest absolute Gasteiger partial charge is 0.151 e. The standard InChI is InChI=1S/C16H28ClN3/c1-3-5-8-14-19-13(15(17)20-14)11-18-12-16(4-2)9-6-7-10-16/h18H,3-12H2,1-2H3,(H,19,20). The van der Waals surface area contributed by atoms with Crippen molar-refractivity contribution in [1.82, 2.24) is 15.3 Å². The fourth-order valence-corrected chi connectivity index (χ4v) is 3.47. The van der Waals surface area contributed by atoms with Gasteiger partial charge < -0.3 is 10.3 Å². The van der Waals surface area contributed by atoms with Crippen molar-refractivity contribution in [2.45, 2.75) is 71.8 Å². The summed E-state index contributed by atoms with van der Waals surface area (Å²) >= 11 is 6.21. The van der Waals surface area contributed by atoms with Crippen molar-refractivity contribution < 1.29 is 0 Å². The zero-order chi connectivity index (χ0) is 14.4. The molecule has 1 fully saturated rings. The summed E-state index contributed by atoms with van der Waals surface area (Å²) in [6.45, 7) is 6.42. The van der Waals surface area contributed by atoms with Gasteiger partial charge in [-0.25, -0.2) is 4.98 Å². The van der Waals surface area contributed by atoms with E-state index in [-0.39, 0.29) is 0 Å². The first-order valence-corrected chi connectivity index (χ1v) is 8.51. The number of aromatic nitrogens is 2. The topological polar surface area (TPSA) is 40.7 Å². The molecule has 0 spiro atoms. The first-order chi connectivity index (χ1) is 9.69. The van der Waals surface area contributed by atoms with Crippen LogP contribution in [0.4, 0.5) is 0 Å². The number of aryl methyl sites for hydroxylation is 1. The molecule has 2 N–H and O–H groups in total. The molecular formula is C16H28ClN3. The summed E-state index contributed by atoms with van der Waals surface area (Å²) in [7, 11) is 0. The number of unbranched alkanes of at least 4 members (excludes halogenated alkanes) is 1. The van der Waals surface area contributed by atoms with Crippen molar-refractivity contribution in [1.29, 1.82) is 0 Å². The number of nitrogens with zero attached hydrogens (tertiary/aromatic N) is 1. The Morgan fingerprint density at radius 2 is 2.05 bits per heavy atom. The number of H-pyrrole nitrogens is 1. The lowest BCUT2D eigenvalue weighted by Crippen LogP contribution is -2.31. The Morgan fingerprint density at radius 3 is 2.70 bits per heavy atom. The van der Waals surface area contributed by atoms with Gasteiger partial charge in [-0.1, -0.05) is 44.7 Å². The minimum atomic E-state index is 0.525. The van der Waals surface area contributed by atoms with Crippen molar-refractivity contribution in [3.63, 3.8) is 0 Å². The van der Waals surface area contributed by atoms with Crippen LogP contribution in [0.2, 0.25) is 5.15 Å². The van der Waals surface area contributed by atoms with Crippen LogP contribution in [0.1, 0.15) is 70.3 Å². The summed E-state index contributed by atoms with van der Waals surface area (Å²) in [6, 6.07) is 0. The third-order valence-corrected chi connectivity index (χ3v) is 5.07. The average Bonchev–Trinajstić information content (AvgIpc) is 3.05. The van der Waals surface area contributed by atoms with Gasteiger partial charge in [0, 0.05) is 19.5 Å². The van der Waals surface area contributed by atoms with E-state index >= 15 is 0 Å². The molecule has 0 aliphatic heterocycles. The van der Waals surface area contributed by atoms with Gasteiger partial charge in [0.1, 0.15) is 5.82 Å². The fourth-order valence-electron chi connectivity index (χ4n) is 3.25. The lowest BCUT2D eigenvalue weighted by Gasteiger charge is -2.27. The molecule has 0 unspecified atom stereocenters. The maximum Gasteiger partial charge on any atom is 0.151 e. The molecule has 0 saturated heterocycles. The number of aromatic amines is 1. The highest BCUT2D eigenvalue weighted by molar-refractivity contribution is 6.30. The Kier molecular flexibility index (Phi) is 5.91. The van der Waals surface area contributed by atoms with Crippen molar-refractivity contribution in [3.05, 3.63) is 16.7 Å². The fraction of sp³-hybridized carbons (Fsp3) is 0.812. The number of hydrogen-bond donors (Lipinski definition) is 2. The quantitative estimate of drug-likeness (QED) is 0.743. The minimum absolute atomic E-state index is 0.525. The van der Waals surface area contributed by atoms with Gasteiger partial charge in [-0.05, 0) is 31.1 Å². The number of nitrogens with one attached hydrogen (secondary N) is 2. The molecule has 0 aromatic carbocycles. The maximum atomic E-state index is 6.21. The summed E-state index contributed by atoms with van der Waals surface area (Å²) in [6.07, 6.45) is 10.1. The van der Waals surface area contributed by atoms with Crippen LogP contribution in [-0.2, 0) is 13.0 Å². The first-order valence-electron chi connectivity index (χ1n) is 8.13. The molecule has 114 valence electrons. The van der Waals surface area contributed by atoms with Crippen LogP contribution in [0.5, 0.6) is 0 Å². The normalized spacial score (nSPS) is 17.8. The summed E-state index contributed by atoms with van der Waals surface area (Å²) in [5.74, 6) is 1.03. The Balaban J connectivity index is 1.82. The number of rotatable bonds is 8. The molecule has 0 radical (unpaired) electrons. The largest absolute Gasteiger partial charge is 0.344 e. The highest BCUT2D eigenvalue weighted by atomic mass is 35.5. The number of imidazole rings is 1. The second-order valence-electron chi connectivity index (χ2n) is 6.22. The molecule has 1 aliphatic carbocycles.